The third-order valence-corrected chi connectivity index (χ3v) is 3.98. The summed E-state index contributed by atoms with van der Waals surface area (Å²) in [4.78, 5) is 26.7. The topological polar surface area (TPSA) is 49.9 Å². The first kappa shape index (κ1) is 16.2. The van der Waals surface area contributed by atoms with Crippen molar-refractivity contribution in [1.82, 2.24) is 9.80 Å². The van der Waals surface area contributed by atoms with Crippen molar-refractivity contribution in [3.63, 3.8) is 0 Å². The lowest BCUT2D eigenvalue weighted by atomic mass is 9.98. The average molecular weight is 300 g/mol. The minimum Gasteiger partial charge on any atom is -0.444 e. The van der Waals surface area contributed by atoms with Crippen LogP contribution in [0.15, 0.2) is 0 Å². The lowest BCUT2D eigenvalue weighted by Crippen LogP contribution is -2.56. The third kappa shape index (κ3) is 4.40. The number of alkyl halides is 1. The Morgan fingerprint density at radius 2 is 1.86 bits per heavy atom. The maximum atomic E-state index is 14.4. The number of hydrogen-bond acceptors (Lipinski definition) is 4. The molecule has 2 fully saturated rings. The normalized spacial score (nSPS) is 28.6. The molecule has 2 aliphatic heterocycles. The number of carbonyl (C=O) groups excluding carboxylic acids is 2. The molecule has 0 bridgehead atoms. The molecule has 5 nitrogen and oxygen atoms in total. The van der Waals surface area contributed by atoms with Gasteiger partial charge < -0.3 is 9.64 Å². The molecule has 0 spiro atoms. The van der Waals surface area contributed by atoms with Crippen molar-refractivity contribution < 1.29 is 18.7 Å². The van der Waals surface area contributed by atoms with Gasteiger partial charge in [0.1, 0.15) is 17.6 Å². The Morgan fingerprint density at radius 3 is 2.38 bits per heavy atom. The fraction of sp³-hybridized carbons (Fsp3) is 0.867. The molecule has 2 aliphatic rings. The second-order valence-corrected chi connectivity index (χ2v) is 6.87. The molecule has 0 aromatic rings. The largest absolute Gasteiger partial charge is 0.444 e. The summed E-state index contributed by atoms with van der Waals surface area (Å²) < 4.78 is 19.7. The van der Waals surface area contributed by atoms with E-state index in [0.29, 0.717) is 38.9 Å². The zero-order valence-electron chi connectivity index (χ0n) is 13.1. The molecule has 120 valence electrons. The van der Waals surface area contributed by atoms with Gasteiger partial charge in [0.2, 0.25) is 0 Å². The Bertz CT molecular complexity index is 398. The van der Waals surface area contributed by atoms with Gasteiger partial charge in [-0.25, -0.2) is 9.18 Å². The van der Waals surface area contributed by atoms with Gasteiger partial charge in [-0.15, -0.1) is 0 Å². The van der Waals surface area contributed by atoms with Gasteiger partial charge in [0.05, 0.1) is 6.54 Å². The van der Waals surface area contributed by atoms with Crippen LogP contribution >= 0.6 is 0 Å². The Labute approximate surface area is 125 Å². The van der Waals surface area contributed by atoms with Gasteiger partial charge in [-0.3, -0.25) is 9.69 Å². The van der Waals surface area contributed by atoms with Crippen LogP contribution in [0.4, 0.5) is 9.18 Å². The zero-order valence-corrected chi connectivity index (χ0v) is 13.1. The first-order valence-corrected chi connectivity index (χ1v) is 7.64. The summed E-state index contributed by atoms with van der Waals surface area (Å²) in [6, 6.07) is -0.184. The van der Waals surface area contributed by atoms with Crippen molar-refractivity contribution in [3.05, 3.63) is 0 Å². The summed E-state index contributed by atoms with van der Waals surface area (Å²) in [6.07, 6.45) is 0.0870. The van der Waals surface area contributed by atoms with Crippen LogP contribution in [-0.2, 0) is 9.53 Å². The molecule has 1 amide bonds. The molecule has 0 unspecified atom stereocenters. The number of Topliss-reactive ketones (excluding diaryl/α,β-unsaturated/α-hetero) is 1. The van der Waals surface area contributed by atoms with E-state index in [1.54, 1.807) is 20.8 Å². The molecule has 2 atom stereocenters. The first-order chi connectivity index (χ1) is 9.76. The average Bonchev–Trinajstić information content (AvgIpc) is 2.38. The van der Waals surface area contributed by atoms with Crippen LogP contribution in [0, 0.1) is 0 Å². The van der Waals surface area contributed by atoms with E-state index in [4.69, 9.17) is 4.74 Å². The third-order valence-electron chi connectivity index (χ3n) is 3.98. The molecule has 0 aromatic carbocycles. The van der Waals surface area contributed by atoms with E-state index >= 15 is 0 Å². The minimum absolute atomic E-state index is 0.0734. The number of halogens is 1. The molecule has 0 radical (unpaired) electrons. The highest BCUT2D eigenvalue weighted by molar-refractivity contribution is 5.79. The summed E-state index contributed by atoms with van der Waals surface area (Å²) in [6.45, 7) is 7.25. The maximum absolute atomic E-state index is 14.4. The van der Waals surface area contributed by atoms with Gasteiger partial charge in [-0.05, 0) is 27.2 Å². The second-order valence-electron chi connectivity index (χ2n) is 6.87. The zero-order chi connectivity index (χ0) is 15.6. The Hall–Kier alpha value is -1.17. The molecule has 0 saturated carbocycles. The van der Waals surface area contributed by atoms with E-state index in [1.165, 1.54) is 4.90 Å². The fourth-order valence-electron chi connectivity index (χ4n) is 2.90. The number of ketones is 1. The van der Waals surface area contributed by atoms with Gasteiger partial charge in [-0.2, -0.15) is 0 Å². The summed E-state index contributed by atoms with van der Waals surface area (Å²) in [5.74, 6) is 0.257. The van der Waals surface area contributed by atoms with Crippen LogP contribution in [0.25, 0.3) is 0 Å². The van der Waals surface area contributed by atoms with Gasteiger partial charge in [0, 0.05) is 38.5 Å². The van der Waals surface area contributed by atoms with E-state index in [1.807, 2.05) is 0 Å². The van der Waals surface area contributed by atoms with Crippen LogP contribution < -0.4 is 0 Å². The molecule has 0 N–H and O–H groups in total. The predicted molar refractivity (Wildman–Crippen MR) is 76.9 cm³/mol. The highest BCUT2D eigenvalue weighted by Gasteiger charge is 2.37. The highest BCUT2D eigenvalue weighted by Crippen LogP contribution is 2.23. The number of hydrogen-bond donors (Lipinski definition) is 0. The van der Waals surface area contributed by atoms with Crippen molar-refractivity contribution in [3.8, 4) is 0 Å². The smallest absolute Gasteiger partial charge is 0.410 e. The van der Waals surface area contributed by atoms with Crippen molar-refractivity contribution >= 4 is 11.9 Å². The molecule has 6 heteroatoms. The quantitative estimate of drug-likeness (QED) is 0.743. The number of piperidine rings is 2. The monoisotopic (exact) mass is 300 g/mol. The standard InChI is InChI=1S/C15H25FN2O3/c1-15(2,3)21-14(20)18-9-6-13(12(16)10-18)17-7-4-11(19)5-8-17/h12-13H,4-10H2,1-3H3/t12-,13-/m1/s1. The van der Waals surface area contributed by atoms with Crippen molar-refractivity contribution in [2.75, 3.05) is 26.2 Å². The minimum atomic E-state index is -1.08. The molecular weight excluding hydrogens is 275 g/mol. The predicted octanol–water partition coefficient (Wildman–Crippen LogP) is 2.00. The van der Waals surface area contributed by atoms with E-state index in [-0.39, 0.29) is 18.4 Å². The number of amides is 1. The van der Waals surface area contributed by atoms with Crippen LogP contribution in [-0.4, -0.2) is 65.7 Å². The Balaban J connectivity index is 1.87. The molecule has 0 aliphatic carbocycles. The summed E-state index contributed by atoms with van der Waals surface area (Å²) in [5, 5.41) is 0. The number of rotatable bonds is 1. The lowest BCUT2D eigenvalue weighted by molar-refractivity contribution is -0.122. The summed E-state index contributed by atoms with van der Waals surface area (Å²) >= 11 is 0. The van der Waals surface area contributed by atoms with Gasteiger partial charge in [-0.1, -0.05) is 0 Å². The Kier molecular flexibility index (Phi) is 4.86. The van der Waals surface area contributed by atoms with E-state index in [9.17, 15) is 14.0 Å². The van der Waals surface area contributed by atoms with Gasteiger partial charge in [0.25, 0.3) is 0 Å². The van der Waals surface area contributed by atoms with E-state index in [0.717, 1.165) is 0 Å². The molecule has 2 heterocycles. The molecule has 2 rings (SSSR count). The first-order valence-electron chi connectivity index (χ1n) is 7.64. The summed E-state index contributed by atoms with van der Waals surface area (Å²) in [5.41, 5.74) is -0.563. The number of nitrogens with zero attached hydrogens (tertiary/aromatic N) is 2. The van der Waals surface area contributed by atoms with Crippen LogP contribution in [0.5, 0.6) is 0 Å². The van der Waals surface area contributed by atoms with Crippen LogP contribution in [0.3, 0.4) is 0 Å². The maximum Gasteiger partial charge on any atom is 0.410 e. The SMILES string of the molecule is CC(C)(C)OC(=O)N1CC[C@@H](N2CCC(=O)CC2)[C@H](F)C1. The summed E-state index contributed by atoms with van der Waals surface area (Å²) in [7, 11) is 0. The fourth-order valence-corrected chi connectivity index (χ4v) is 2.90. The molecule has 2 saturated heterocycles. The number of carbonyl (C=O) groups is 2. The van der Waals surface area contributed by atoms with Crippen LogP contribution in [0.1, 0.15) is 40.0 Å². The second kappa shape index (κ2) is 6.30. The van der Waals surface area contributed by atoms with Crippen molar-refractivity contribution in [2.45, 2.75) is 57.8 Å². The molecular formula is C15H25FN2O3. The molecule has 21 heavy (non-hydrogen) atoms. The van der Waals surface area contributed by atoms with Gasteiger partial charge >= 0.3 is 6.09 Å². The highest BCUT2D eigenvalue weighted by atomic mass is 19.1. The number of ether oxygens (including phenoxy) is 1. The van der Waals surface area contributed by atoms with E-state index < -0.39 is 17.9 Å². The Morgan fingerprint density at radius 1 is 1.24 bits per heavy atom. The van der Waals surface area contributed by atoms with Crippen molar-refractivity contribution in [2.24, 2.45) is 0 Å². The molecule has 0 aromatic heterocycles. The van der Waals surface area contributed by atoms with Crippen molar-refractivity contribution in [1.29, 1.82) is 0 Å². The number of likely N-dealkylation sites (tertiary alicyclic amines) is 2. The van der Waals surface area contributed by atoms with Gasteiger partial charge in [0.15, 0.2) is 0 Å². The lowest BCUT2D eigenvalue weighted by Gasteiger charge is -2.41. The van der Waals surface area contributed by atoms with E-state index in [2.05, 4.69) is 4.90 Å². The van der Waals surface area contributed by atoms with Crippen LogP contribution in [0.2, 0.25) is 0 Å².